The van der Waals surface area contributed by atoms with Crippen molar-refractivity contribution in [3.05, 3.63) is 37.9 Å². The minimum Gasteiger partial charge on any atom is -0.459 e. The summed E-state index contributed by atoms with van der Waals surface area (Å²) in [5, 5.41) is 10.00. The molecule has 0 spiro atoms. The average molecular weight is 411 g/mol. The van der Waals surface area contributed by atoms with E-state index < -0.39 is 33.0 Å². The molecule has 1 aromatic carbocycles. The minimum absolute atomic E-state index is 0.0647. The number of hydrogen-bond donors (Lipinski definition) is 3. The summed E-state index contributed by atoms with van der Waals surface area (Å²) in [4.78, 5) is 48.8. The molecule has 0 atom stereocenters. The molecule has 150 valence electrons. The van der Waals surface area contributed by atoms with Crippen molar-refractivity contribution in [3.8, 4) is 0 Å². The number of rotatable bonds is 3. The molecular weight excluding hydrogens is 394 g/mol. The monoisotopic (exact) mass is 411 g/mol. The summed E-state index contributed by atoms with van der Waals surface area (Å²) in [5.41, 5.74) is -1.60. The normalized spacial score (nSPS) is 13.8. The van der Waals surface area contributed by atoms with Crippen LogP contribution in [0.3, 0.4) is 0 Å². The number of benzene rings is 1. The van der Waals surface area contributed by atoms with Crippen molar-refractivity contribution >= 4 is 32.9 Å². The number of H-pyrrole nitrogens is 1. The fourth-order valence-corrected chi connectivity index (χ4v) is 4.48. The first-order valence-corrected chi connectivity index (χ1v) is 9.92. The number of carbonyl (C=O) groups is 2. The molecule has 1 aliphatic rings. The van der Waals surface area contributed by atoms with Gasteiger partial charge in [0.2, 0.25) is 0 Å². The summed E-state index contributed by atoms with van der Waals surface area (Å²) in [7, 11) is -4.51. The molecular formula is C16H17N3O8S. The first-order chi connectivity index (χ1) is 13.2. The molecule has 0 saturated carbocycles. The molecule has 28 heavy (non-hydrogen) atoms. The number of carbonyl (C=O) groups excluding carboxylic acids is 2. The maximum Gasteiger partial charge on any atom is 0.397 e. The van der Waals surface area contributed by atoms with E-state index in [2.05, 4.69) is 9.72 Å². The fraction of sp³-hybridized carbons (Fsp3) is 0.375. The van der Waals surface area contributed by atoms with Gasteiger partial charge in [0, 0.05) is 0 Å². The maximum absolute atomic E-state index is 12.7. The Hall–Kier alpha value is -3.15. The lowest BCUT2D eigenvalue weighted by Crippen LogP contribution is -2.38. The lowest BCUT2D eigenvalue weighted by molar-refractivity contribution is -0.153. The third kappa shape index (κ3) is 3.26. The number of nitrogens with zero attached hydrogens (tertiary/aromatic N) is 1. The SMILES string of the molecule is CCOC(=O)C(=O)NS(=O)(=O)c1cc2c([nH]c(=O)c(=O)n2O)c2c1CCCC2. The maximum atomic E-state index is 12.7. The zero-order valence-corrected chi connectivity index (χ0v) is 15.6. The molecule has 1 aromatic heterocycles. The average Bonchev–Trinajstić information content (AvgIpc) is 2.65. The largest absolute Gasteiger partial charge is 0.459 e. The summed E-state index contributed by atoms with van der Waals surface area (Å²) in [6, 6.07) is 0.984. The topological polar surface area (TPSA) is 165 Å². The van der Waals surface area contributed by atoms with Gasteiger partial charge in [-0.25, -0.2) is 17.9 Å². The second kappa shape index (κ2) is 7.11. The van der Waals surface area contributed by atoms with Gasteiger partial charge < -0.3 is 14.9 Å². The van der Waals surface area contributed by atoms with E-state index in [4.69, 9.17) is 0 Å². The number of nitrogens with one attached hydrogen (secondary N) is 2. The van der Waals surface area contributed by atoms with Gasteiger partial charge in [0.05, 0.1) is 17.0 Å². The number of aromatic amines is 1. The molecule has 11 nitrogen and oxygen atoms in total. The number of aryl methyl sites for hydroxylation is 1. The van der Waals surface area contributed by atoms with Gasteiger partial charge in [0.15, 0.2) is 0 Å². The predicted molar refractivity (Wildman–Crippen MR) is 94.6 cm³/mol. The van der Waals surface area contributed by atoms with Crippen LogP contribution in [0.4, 0.5) is 0 Å². The molecule has 1 aliphatic carbocycles. The van der Waals surface area contributed by atoms with Gasteiger partial charge in [0.1, 0.15) is 5.52 Å². The first-order valence-electron chi connectivity index (χ1n) is 8.44. The number of fused-ring (bicyclic) bond motifs is 3. The Kier molecular flexibility index (Phi) is 4.98. The van der Waals surface area contributed by atoms with Gasteiger partial charge in [0.25, 0.3) is 10.0 Å². The highest BCUT2D eigenvalue weighted by molar-refractivity contribution is 7.90. The highest BCUT2D eigenvalue weighted by Crippen LogP contribution is 2.32. The number of esters is 1. The van der Waals surface area contributed by atoms with Crippen LogP contribution in [0.5, 0.6) is 0 Å². The van der Waals surface area contributed by atoms with Crippen molar-refractivity contribution in [2.24, 2.45) is 0 Å². The lowest BCUT2D eigenvalue weighted by Gasteiger charge is -2.21. The summed E-state index contributed by atoms with van der Waals surface area (Å²) in [6.45, 7) is 1.35. The number of ether oxygens (including phenoxy) is 1. The fourth-order valence-electron chi connectivity index (χ4n) is 3.23. The number of hydrogen-bond acceptors (Lipinski definition) is 8. The second-order valence-electron chi connectivity index (χ2n) is 6.16. The smallest absolute Gasteiger partial charge is 0.397 e. The quantitative estimate of drug-likeness (QED) is 0.335. The summed E-state index contributed by atoms with van der Waals surface area (Å²) >= 11 is 0. The number of sulfonamides is 1. The Bertz CT molecular complexity index is 1210. The van der Waals surface area contributed by atoms with E-state index in [0.717, 1.165) is 6.07 Å². The van der Waals surface area contributed by atoms with Crippen LogP contribution in [0.15, 0.2) is 20.6 Å². The first kappa shape index (κ1) is 19.6. The molecule has 1 amide bonds. The van der Waals surface area contributed by atoms with Crippen LogP contribution in [0.2, 0.25) is 0 Å². The molecule has 12 heteroatoms. The molecule has 0 unspecified atom stereocenters. The van der Waals surface area contributed by atoms with Crippen LogP contribution in [-0.4, -0.2) is 41.8 Å². The summed E-state index contributed by atoms with van der Waals surface area (Å²) in [5.74, 6) is -2.82. The minimum atomic E-state index is -4.51. The predicted octanol–water partition coefficient (Wildman–Crippen LogP) is -0.826. The molecule has 0 saturated heterocycles. The molecule has 0 radical (unpaired) electrons. The van der Waals surface area contributed by atoms with Crippen molar-refractivity contribution in [2.75, 3.05) is 6.61 Å². The van der Waals surface area contributed by atoms with E-state index in [1.54, 1.807) is 4.72 Å². The van der Waals surface area contributed by atoms with E-state index in [9.17, 15) is 32.8 Å². The van der Waals surface area contributed by atoms with Crippen molar-refractivity contribution in [3.63, 3.8) is 0 Å². The van der Waals surface area contributed by atoms with E-state index in [-0.39, 0.29) is 27.3 Å². The highest BCUT2D eigenvalue weighted by Gasteiger charge is 2.30. The van der Waals surface area contributed by atoms with Gasteiger partial charge >= 0.3 is 23.0 Å². The molecule has 0 bridgehead atoms. The van der Waals surface area contributed by atoms with Crippen molar-refractivity contribution in [2.45, 2.75) is 37.5 Å². The number of aromatic nitrogens is 2. The summed E-state index contributed by atoms with van der Waals surface area (Å²) < 4.78 is 31.7. The molecule has 2 aromatic rings. The van der Waals surface area contributed by atoms with Crippen LogP contribution < -0.4 is 15.8 Å². The zero-order valence-electron chi connectivity index (χ0n) is 14.8. The standard InChI is InChI=1S/C16H17N3O8S/c1-2-27-16(23)14(21)18-28(25,26)11-7-10-12(9-6-4-3-5-8(9)11)17-13(20)15(22)19(10)24/h7,24H,2-6H2,1H3,(H,17,20)(H,18,21). The van der Waals surface area contributed by atoms with Crippen LogP contribution in [0.1, 0.15) is 30.9 Å². The second-order valence-corrected chi connectivity index (χ2v) is 7.81. The van der Waals surface area contributed by atoms with E-state index in [1.807, 2.05) is 0 Å². The van der Waals surface area contributed by atoms with Crippen LogP contribution in [0.25, 0.3) is 11.0 Å². The number of amides is 1. The Balaban J connectivity index is 2.23. The van der Waals surface area contributed by atoms with E-state index in [1.165, 1.54) is 6.92 Å². The van der Waals surface area contributed by atoms with Crippen LogP contribution >= 0.6 is 0 Å². The van der Waals surface area contributed by atoms with Gasteiger partial charge in [-0.15, -0.1) is 4.73 Å². The van der Waals surface area contributed by atoms with Crippen LogP contribution in [0, 0.1) is 0 Å². The van der Waals surface area contributed by atoms with Crippen molar-refractivity contribution < 1.29 is 28.0 Å². The lowest BCUT2D eigenvalue weighted by atomic mass is 9.90. The molecule has 3 rings (SSSR count). The Morgan fingerprint density at radius 2 is 1.89 bits per heavy atom. The Morgan fingerprint density at radius 1 is 1.25 bits per heavy atom. The van der Waals surface area contributed by atoms with Crippen LogP contribution in [-0.2, 0) is 37.2 Å². The Morgan fingerprint density at radius 3 is 2.54 bits per heavy atom. The van der Waals surface area contributed by atoms with Gasteiger partial charge in [-0.05, 0) is 49.8 Å². The van der Waals surface area contributed by atoms with Crippen molar-refractivity contribution in [1.82, 2.24) is 14.4 Å². The van der Waals surface area contributed by atoms with Gasteiger partial charge in [-0.1, -0.05) is 0 Å². The van der Waals surface area contributed by atoms with Gasteiger partial charge in [-0.3, -0.25) is 14.4 Å². The summed E-state index contributed by atoms with van der Waals surface area (Å²) in [6.07, 6.45) is 2.10. The van der Waals surface area contributed by atoms with Crippen molar-refractivity contribution in [1.29, 1.82) is 0 Å². The third-order valence-electron chi connectivity index (χ3n) is 4.42. The van der Waals surface area contributed by atoms with E-state index in [0.29, 0.717) is 36.8 Å². The Labute approximate surface area is 157 Å². The van der Waals surface area contributed by atoms with Gasteiger partial charge in [-0.2, -0.15) is 0 Å². The molecule has 0 aliphatic heterocycles. The highest BCUT2D eigenvalue weighted by atomic mass is 32.2. The zero-order chi connectivity index (χ0) is 20.6. The third-order valence-corrected chi connectivity index (χ3v) is 5.82. The molecule has 1 heterocycles. The molecule has 0 fully saturated rings. The van der Waals surface area contributed by atoms with E-state index >= 15 is 0 Å². The molecule has 3 N–H and O–H groups in total.